The average Bonchev–Trinajstić information content (AvgIpc) is 3.28. The van der Waals surface area contributed by atoms with Crippen molar-refractivity contribution in [2.75, 3.05) is 32.7 Å². The van der Waals surface area contributed by atoms with Gasteiger partial charge < -0.3 is 14.0 Å². The Morgan fingerprint density at radius 2 is 1.88 bits per heavy atom. The first-order chi connectivity index (χ1) is 15.5. The van der Waals surface area contributed by atoms with E-state index in [-0.39, 0.29) is 11.6 Å². The van der Waals surface area contributed by atoms with Gasteiger partial charge in [-0.05, 0) is 45.4 Å². The molecule has 1 fully saturated rings. The summed E-state index contributed by atoms with van der Waals surface area (Å²) in [6.07, 6.45) is -2.31. The Morgan fingerprint density at radius 1 is 1.21 bits per heavy atom. The van der Waals surface area contributed by atoms with E-state index in [2.05, 4.69) is 10.1 Å². The smallest absolute Gasteiger partial charge is 0.401 e. The summed E-state index contributed by atoms with van der Waals surface area (Å²) >= 11 is 0. The fourth-order valence-corrected chi connectivity index (χ4v) is 4.92. The monoisotopic (exact) mass is 464 g/mol. The number of aromatic carboxylic acids is 1. The number of nitrogens with zero attached hydrogens (tertiary/aromatic N) is 4. The van der Waals surface area contributed by atoms with Gasteiger partial charge in [-0.25, -0.2) is 4.79 Å². The Balaban J connectivity index is 1.74. The molecule has 33 heavy (non-hydrogen) atoms. The van der Waals surface area contributed by atoms with Crippen molar-refractivity contribution in [1.29, 1.82) is 0 Å². The van der Waals surface area contributed by atoms with Crippen molar-refractivity contribution < 1.29 is 27.6 Å². The quantitative estimate of drug-likeness (QED) is 0.601. The highest BCUT2D eigenvalue weighted by Gasteiger charge is 2.34. The van der Waals surface area contributed by atoms with Gasteiger partial charge in [0.1, 0.15) is 5.76 Å². The molecule has 1 saturated heterocycles. The summed E-state index contributed by atoms with van der Waals surface area (Å²) in [5, 5.41) is 13.9. The van der Waals surface area contributed by atoms with Gasteiger partial charge >= 0.3 is 12.1 Å². The number of alkyl halides is 3. The minimum atomic E-state index is -4.22. The molecule has 4 heterocycles. The average molecular weight is 464 g/mol. The first kappa shape index (κ1) is 23.3. The van der Waals surface area contributed by atoms with Crippen LogP contribution in [0.25, 0.3) is 16.6 Å². The molecule has 10 heteroatoms. The van der Waals surface area contributed by atoms with Crippen LogP contribution < -0.4 is 0 Å². The third-order valence-electron chi connectivity index (χ3n) is 6.54. The van der Waals surface area contributed by atoms with Crippen LogP contribution in [0, 0.1) is 20.8 Å². The molecule has 3 aromatic heterocycles. The second-order valence-corrected chi connectivity index (χ2v) is 8.66. The summed E-state index contributed by atoms with van der Waals surface area (Å²) < 4.78 is 45.6. The molecule has 0 bridgehead atoms. The lowest BCUT2D eigenvalue weighted by Gasteiger charge is -2.39. The minimum absolute atomic E-state index is 0.190. The van der Waals surface area contributed by atoms with Crippen molar-refractivity contribution in [2.45, 2.75) is 39.9 Å². The fourth-order valence-electron chi connectivity index (χ4n) is 4.92. The lowest BCUT2D eigenvalue weighted by molar-refractivity contribution is -0.149. The molecule has 0 aliphatic carbocycles. The topological polar surface area (TPSA) is 74.2 Å². The predicted molar refractivity (Wildman–Crippen MR) is 117 cm³/mol. The van der Waals surface area contributed by atoms with E-state index in [0.717, 1.165) is 22.3 Å². The molecule has 178 valence electrons. The van der Waals surface area contributed by atoms with E-state index in [1.807, 2.05) is 37.4 Å². The molecule has 1 aliphatic heterocycles. The Labute approximate surface area is 189 Å². The highest BCUT2D eigenvalue weighted by Crippen LogP contribution is 2.36. The van der Waals surface area contributed by atoms with Gasteiger partial charge in [0.05, 0.1) is 23.3 Å². The van der Waals surface area contributed by atoms with Crippen LogP contribution in [0.2, 0.25) is 0 Å². The number of halogens is 3. The van der Waals surface area contributed by atoms with Gasteiger partial charge in [-0.3, -0.25) is 9.80 Å². The molecule has 0 radical (unpaired) electrons. The summed E-state index contributed by atoms with van der Waals surface area (Å²) in [5.41, 5.74) is 4.76. The first-order valence-electron chi connectivity index (χ1n) is 10.8. The lowest BCUT2D eigenvalue weighted by Crippen LogP contribution is -2.49. The maximum atomic E-state index is 12.8. The summed E-state index contributed by atoms with van der Waals surface area (Å²) in [7, 11) is 0. The highest BCUT2D eigenvalue weighted by atomic mass is 19.4. The number of aryl methyl sites for hydroxylation is 2. The van der Waals surface area contributed by atoms with Crippen LogP contribution in [0.1, 0.15) is 46.0 Å². The predicted octanol–water partition coefficient (Wildman–Crippen LogP) is 4.46. The van der Waals surface area contributed by atoms with Crippen LogP contribution in [0.15, 0.2) is 22.9 Å². The molecule has 7 nitrogen and oxygen atoms in total. The van der Waals surface area contributed by atoms with E-state index in [1.54, 1.807) is 13.0 Å². The zero-order valence-corrected chi connectivity index (χ0v) is 19.0. The maximum absolute atomic E-state index is 12.8. The van der Waals surface area contributed by atoms with Crippen LogP contribution in [0.5, 0.6) is 0 Å². The Hall–Kier alpha value is -2.85. The van der Waals surface area contributed by atoms with Crippen molar-refractivity contribution >= 4 is 11.5 Å². The molecule has 1 unspecified atom stereocenters. The van der Waals surface area contributed by atoms with Crippen molar-refractivity contribution in [3.8, 4) is 11.1 Å². The molecule has 1 aliphatic rings. The first-order valence-corrected chi connectivity index (χ1v) is 10.8. The number of hydrogen-bond donors (Lipinski definition) is 1. The summed E-state index contributed by atoms with van der Waals surface area (Å²) in [5.74, 6) is -0.377. The Kier molecular flexibility index (Phi) is 6.00. The Morgan fingerprint density at radius 3 is 2.42 bits per heavy atom. The lowest BCUT2D eigenvalue weighted by atomic mass is 9.99. The van der Waals surface area contributed by atoms with Crippen LogP contribution >= 0.6 is 0 Å². The van der Waals surface area contributed by atoms with Crippen molar-refractivity contribution in [3.05, 3.63) is 46.6 Å². The standard InChI is InChI=1S/C23H27F3N4O3/c1-13-18(22(31)32)11-19-17(20-14(2)27-33-16(20)4)5-6-30(19)21(13)15(3)29-9-7-28(8-10-29)12-23(24,25)26/h5-6,11,15H,7-10,12H2,1-4H3,(H,31,32). The van der Waals surface area contributed by atoms with Gasteiger partial charge in [0.15, 0.2) is 0 Å². The maximum Gasteiger partial charge on any atom is 0.401 e. The van der Waals surface area contributed by atoms with E-state index < -0.39 is 18.7 Å². The number of carboxylic acids is 1. The van der Waals surface area contributed by atoms with Gasteiger partial charge in [0.2, 0.25) is 0 Å². The zero-order chi connectivity index (χ0) is 24.1. The molecule has 0 saturated carbocycles. The SMILES string of the molecule is Cc1noc(C)c1-c1ccn2c(C(C)N3CCN(CC(F)(F)F)CC3)c(C)c(C(=O)O)cc12. The minimum Gasteiger partial charge on any atom is -0.478 e. The fraction of sp³-hybridized carbons (Fsp3) is 0.478. The summed E-state index contributed by atoms with van der Waals surface area (Å²) in [6, 6.07) is 3.39. The second-order valence-electron chi connectivity index (χ2n) is 8.66. The van der Waals surface area contributed by atoms with Gasteiger partial charge in [-0.15, -0.1) is 0 Å². The van der Waals surface area contributed by atoms with Crippen molar-refractivity contribution in [1.82, 2.24) is 19.4 Å². The van der Waals surface area contributed by atoms with E-state index in [0.29, 0.717) is 43.2 Å². The van der Waals surface area contributed by atoms with E-state index in [1.165, 1.54) is 4.90 Å². The van der Waals surface area contributed by atoms with Crippen LogP contribution in [-0.2, 0) is 0 Å². The third kappa shape index (κ3) is 4.37. The summed E-state index contributed by atoms with van der Waals surface area (Å²) in [6.45, 7) is 8.04. The number of carbonyl (C=O) groups is 1. The van der Waals surface area contributed by atoms with Gasteiger partial charge in [-0.1, -0.05) is 5.16 Å². The highest BCUT2D eigenvalue weighted by molar-refractivity contribution is 5.94. The molecular weight excluding hydrogens is 437 g/mol. The molecular formula is C23H27F3N4O3. The van der Waals surface area contributed by atoms with Gasteiger partial charge in [-0.2, -0.15) is 13.2 Å². The molecule has 0 aromatic carbocycles. The van der Waals surface area contributed by atoms with Crippen molar-refractivity contribution in [2.24, 2.45) is 0 Å². The Bertz CT molecular complexity index is 1170. The van der Waals surface area contributed by atoms with Gasteiger partial charge in [0, 0.05) is 55.2 Å². The molecule has 1 N–H and O–H groups in total. The third-order valence-corrected chi connectivity index (χ3v) is 6.54. The largest absolute Gasteiger partial charge is 0.478 e. The number of pyridine rings is 1. The van der Waals surface area contributed by atoms with Crippen molar-refractivity contribution in [3.63, 3.8) is 0 Å². The van der Waals surface area contributed by atoms with E-state index >= 15 is 0 Å². The van der Waals surface area contributed by atoms with Crippen LogP contribution in [0.3, 0.4) is 0 Å². The summed E-state index contributed by atoms with van der Waals surface area (Å²) in [4.78, 5) is 15.6. The van der Waals surface area contributed by atoms with Crippen LogP contribution in [0.4, 0.5) is 13.2 Å². The van der Waals surface area contributed by atoms with Crippen LogP contribution in [-0.4, -0.2) is 69.3 Å². The molecule has 3 aromatic rings. The van der Waals surface area contributed by atoms with E-state index in [4.69, 9.17) is 4.52 Å². The molecule has 0 spiro atoms. The number of aromatic nitrogens is 2. The number of carboxylic acid groups (broad SMARTS) is 1. The van der Waals surface area contributed by atoms with Gasteiger partial charge in [0.25, 0.3) is 0 Å². The van der Waals surface area contributed by atoms with E-state index in [9.17, 15) is 23.1 Å². The molecule has 1 atom stereocenters. The normalized spacial score (nSPS) is 17.1. The number of fused-ring (bicyclic) bond motifs is 1. The number of rotatable bonds is 5. The molecule has 0 amide bonds. The molecule has 4 rings (SSSR count). The number of piperazine rings is 1. The number of hydrogen-bond acceptors (Lipinski definition) is 5. The zero-order valence-electron chi connectivity index (χ0n) is 19.0. The second kappa shape index (κ2) is 8.49.